The summed E-state index contributed by atoms with van der Waals surface area (Å²) in [5.74, 6) is 1.14. The molecule has 4 aromatic carbocycles. The van der Waals surface area contributed by atoms with E-state index in [2.05, 4.69) is 5.32 Å². The minimum atomic E-state index is -0.271. The van der Waals surface area contributed by atoms with Crippen molar-refractivity contribution >= 4 is 45.6 Å². The van der Waals surface area contributed by atoms with E-state index in [0.29, 0.717) is 27.0 Å². The Morgan fingerprint density at radius 1 is 0.871 bits per heavy atom. The smallest absolute Gasteiger partial charge is 0.255 e. The van der Waals surface area contributed by atoms with Gasteiger partial charge in [-0.3, -0.25) is 4.79 Å². The lowest BCUT2D eigenvalue weighted by atomic mass is 10.1. The van der Waals surface area contributed by atoms with Crippen LogP contribution in [0.5, 0.6) is 11.5 Å². The average molecular weight is 452 g/mol. The highest BCUT2D eigenvalue weighted by Gasteiger charge is 2.13. The van der Waals surface area contributed by atoms with Gasteiger partial charge in [0.1, 0.15) is 18.1 Å². The molecule has 0 atom stereocenters. The summed E-state index contributed by atoms with van der Waals surface area (Å²) in [6.45, 7) is 0.255. The lowest BCUT2D eigenvalue weighted by Gasteiger charge is -2.14. The molecular formula is C25H19Cl2NO3. The van der Waals surface area contributed by atoms with Crippen molar-refractivity contribution in [2.75, 3.05) is 12.4 Å². The molecule has 0 bridgehead atoms. The van der Waals surface area contributed by atoms with E-state index in [1.54, 1.807) is 43.5 Å². The quantitative estimate of drug-likeness (QED) is 0.343. The number of rotatable bonds is 6. The SMILES string of the molecule is COc1ccc(C(=O)Nc2ccc(Cl)c(Cl)c2)cc1COc1cccc2ccccc12. The first-order valence-corrected chi connectivity index (χ1v) is 10.3. The fraction of sp³-hybridized carbons (Fsp3) is 0.0800. The van der Waals surface area contributed by atoms with Crippen LogP contribution in [-0.4, -0.2) is 13.0 Å². The molecule has 1 amide bonds. The van der Waals surface area contributed by atoms with Crippen LogP contribution >= 0.6 is 23.2 Å². The Labute approximate surface area is 190 Å². The van der Waals surface area contributed by atoms with Gasteiger partial charge in [-0.05, 0) is 47.9 Å². The molecule has 0 fully saturated rings. The predicted molar refractivity (Wildman–Crippen MR) is 126 cm³/mol. The second-order valence-corrected chi connectivity index (χ2v) is 7.69. The molecule has 0 spiro atoms. The molecule has 0 aliphatic heterocycles. The lowest BCUT2D eigenvalue weighted by molar-refractivity contribution is 0.102. The monoisotopic (exact) mass is 451 g/mol. The first-order valence-electron chi connectivity index (χ1n) is 9.59. The van der Waals surface area contributed by atoms with E-state index in [-0.39, 0.29) is 12.5 Å². The van der Waals surface area contributed by atoms with Crippen molar-refractivity contribution in [3.05, 3.63) is 100 Å². The number of fused-ring (bicyclic) bond motifs is 1. The third-order valence-corrected chi connectivity index (χ3v) is 5.59. The maximum Gasteiger partial charge on any atom is 0.255 e. The van der Waals surface area contributed by atoms with Crippen LogP contribution in [0.25, 0.3) is 10.8 Å². The summed E-state index contributed by atoms with van der Waals surface area (Å²) >= 11 is 12.0. The Morgan fingerprint density at radius 2 is 1.68 bits per heavy atom. The van der Waals surface area contributed by atoms with Crippen LogP contribution in [-0.2, 0) is 6.61 Å². The minimum Gasteiger partial charge on any atom is -0.496 e. The van der Waals surface area contributed by atoms with E-state index in [9.17, 15) is 4.79 Å². The number of ether oxygens (including phenoxy) is 2. The summed E-state index contributed by atoms with van der Waals surface area (Å²) in [6, 6.07) is 24.1. The molecule has 0 unspecified atom stereocenters. The highest BCUT2D eigenvalue weighted by Crippen LogP contribution is 2.29. The zero-order valence-electron chi connectivity index (χ0n) is 16.7. The number of benzene rings is 4. The van der Waals surface area contributed by atoms with Gasteiger partial charge in [-0.25, -0.2) is 0 Å². The number of anilines is 1. The summed E-state index contributed by atoms with van der Waals surface area (Å²) in [4.78, 5) is 12.7. The van der Waals surface area contributed by atoms with Crippen molar-refractivity contribution in [3.63, 3.8) is 0 Å². The number of nitrogens with one attached hydrogen (secondary N) is 1. The highest BCUT2D eigenvalue weighted by atomic mass is 35.5. The summed E-state index contributed by atoms with van der Waals surface area (Å²) in [7, 11) is 1.59. The van der Waals surface area contributed by atoms with Crippen LogP contribution in [0.15, 0.2) is 78.9 Å². The molecule has 4 nitrogen and oxygen atoms in total. The maximum atomic E-state index is 12.7. The molecule has 4 aromatic rings. The van der Waals surface area contributed by atoms with E-state index in [0.717, 1.165) is 22.1 Å². The summed E-state index contributed by atoms with van der Waals surface area (Å²) in [5.41, 5.74) is 1.80. The molecule has 0 aromatic heterocycles. The zero-order valence-corrected chi connectivity index (χ0v) is 18.2. The summed E-state index contributed by atoms with van der Waals surface area (Å²) in [5, 5.41) is 5.75. The van der Waals surface area contributed by atoms with Crippen molar-refractivity contribution < 1.29 is 14.3 Å². The average Bonchev–Trinajstić information content (AvgIpc) is 2.79. The van der Waals surface area contributed by atoms with Gasteiger partial charge in [0.25, 0.3) is 5.91 Å². The number of halogens is 2. The third-order valence-electron chi connectivity index (χ3n) is 4.85. The number of hydrogen-bond donors (Lipinski definition) is 1. The first-order chi connectivity index (χ1) is 15.0. The van der Waals surface area contributed by atoms with Gasteiger partial charge in [0.05, 0.1) is 17.2 Å². The Hall–Kier alpha value is -3.21. The predicted octanol–water partition coefficient (Wildman–Crippen LogP) is 6.99. The van der Waals surface area contributed by atoms with Crippen LogP contribution in [0.4, 0.5) is 5.69 Å². The van der Waals surface area contributed by atoms with Gasteiger partial charge >= 0.3 is 0 Å². The normalized spacial score (nSPS) is 10.7. The Balaban J connectivity index is 1.55. The molecule has 31 heavy (non-hydrogen) atoms. The van der Waals surface area contributed by atoms with Crippen molar-refractivity contribution in [2.24, 2.45) is 0 Å². The third kappa shape index (κ3) is 4.76. The molecule has 0 saturated carbocycles. The van der Waals surface area contributed by atoms with E-state index >= 15 is 0 Å². The lowest BCUT2D eigenvalue weighted by Crippen LogP contribution is -2.13. The van der Waals surface area contributed by atoms with Crippen LogP contribution in [0, 0.1) is 0 Å². The Kier molecular flexibility index (Phi) is 6.31. The van der Waals surface area contributed by atoms with Gasteiger partial charge in [-0.1, -0.05) is 59.6 Å². The maximum absolute atomic E-state index is 12.7. The minimum absolute atomic E-state index is 0.255. The Morgan fingerprint density at radius 3 is 2.48 bits per heavy atom. The first kappa shape index (κ1) is 21.0. The second-order valence-electron chi connectivity index (χ2n) is 6.88. The van der Waals surface area contributed by atoms with Gasteiger partial charge in [0.2, 0.25) is 0 Å². The van der Waals surface area contributed by atoms with E-state index < -0.39 is 0 Å². The van der Waals surface area contributed by atoms with E-state index in [1.807, 2.05) is 42.5 Å². The van der Waals surface area contributed by atoms with Crippen LogP contribution < -0.4 is 14.8 Å². The molecule has 1 N–H and O–H groups in total. The van der Waals surface area contributed by atoms with Crippen molar-refractivity contribution in [1.82, 2.24) is 0 Å². The molecule has 0 radical (unpaired) electrons. The number of hydrogen-bond acceptors (Lipinski definition) is 3. The van der Waals surface area contributed by atoms with Gasteiger partial charge in [0, 0.05) is 22.2 Å². The van der Waals surface area contributed by atoms with Gasteiger partial charge < -0.3 is 14.8 Å². The number of carbonyl (C=O) groups excluding carboxylic acids is 1. The molecule has 0 saturated heterocycles. The van der Waals surface area contributed by atoms with Gasteiger partial charge in [-0.2, -0.15) is 0 Å². The largest absolute Gasteiger partial charge is 0.496 e. The Bertz CT molecular complexity index is 1250. The number of amides is 1. The van der Waals surface area contributed by atoms with Crippen molar-refractivity contribution in [1.29, 1.82) is 0 Å². The van der Waals surface area contributed by atoms with Crippen LogP contribution in [0.2, 0.25) is 10.0 Å². The molecule has 4 rings (SSSR count). The van der Waals surface area contributed by atoms with E-state index in [1.165, 1.54) is 0 Å². The fourth-order valence-electron chi connectivity index (χ4n) is 3.29. The van der Waals surface area contributed by atoms with Gasteiger partial charge in [0.15, 0.2) is 0 Å². The van der Waals surface area contributed by atoms with Crippen LogP contribution in [0.1, 0.15) is 15.9 Å². The van der Waals surface area contributed by atoms with Crippen molar-refractivity contribution in [2.45, 2.75) is 6.61 Å². The molecule has 0 aliphatic carbocycles. The fourth-order valence-corrected chi connectivity index (χ4v) is 3.58. The molecule has 156 valence electrons. The molecule has 0 aliphatic rings. The molecule has 6 heteroatoms. The van der Waals surface area contributed by atoms with E-state index in [4.69, 9.17) is 32.7 Å². The highest BCUT2D eigenvalue weighted by molar-refractivity contribution is 6.42. The molecular weight excluding hydrogens is 433 g/mol. The molecule has 0 heterocycles. The standard InChI is InChI=1S/C25H19Cl2NO3/c1-30-23-12-9-17(25(29)28-19-10-11-21(26)22(27)14-19)13-18(23)15-31-24-8-4-6-16-5-2-3-7-20(16)24/h2-14H,15H2,1H3,(H,28,29). The topological polar surface area (TPSA) is 47.6 Å². The summed E-state index contributed by atoms with van der Waals surface area (Å²) < 4.78 is 11.5. The second kappa shape index (κ2) is 9.29. The van der Waals surface area contributed by atoms with Gasteiger partial charge in [-0.15, -0.1) is 0 Å². The van der Waals surface area contributed by atoms with Crippen LogP contribution in [0.3, 0.4) is 0 Å². The number of carbonyl (C=O) groups is 1. The zero-order chi connectivity index (χ0) is 21.8. The van der Waals surface area contributed by atoms with Crippen molar-refractivity contribution in [3.8, 4) is 11.5 Å². The number of methoxy groups -OCH3 is 1. The summed E-state index contributed by atoms with van der Waals surface area (Å²) in [6.07, 6.45) is 0.